The monoisotopic (exact) mass is 192 g/mol. The summed E-state index contributed by atoms with van der Waals surface area (Å²) in [5.41, 5.74) is 1.14. The van der Waals surface area contributed by atoms with E-state index in [2.05, 4.69) is 6.58 Å². The highest BCUT2D eigenvalue weighted by Crippen LogP contribution is 2.25. The Morgan fingerprint density at radius 2 is 2.21 bits per heavy atom. The predicted molar refractivity (Wildman–Crippen MR) is 58.1 cm³/mol. The maximum atomic E-state index is 5.50. The van der Waals surface area contributed by atoms with E-state index in [4.69, 9.17) is 9.47 Å². The SMILES string of the molecule is C=CCc1ccc(OC)cc1OCC. The van der Waals surface area contributed by atoms with Gasteiger partial charge in [-0.2, -0.15) is 0 Å². The Labute approximate surface area is 85.2 Å². The molecule has 0 saturated heterocycles. The van der Waals surface area contributed by atoms with Crippen LogP contribution in [0, 0.1) is 0 Å². The summed E-state index contributed by atoms with van der Waals surface area (Å²) in [7, 11) is 1.65. The zero-order valence-electron chi connectivity index (χ0n) is 8.75. The molecule has 0 bridgehead atoms. The van der Waals surface area contributed by atoms with E-state index in [-0.39, 0.29) is 0 Å². The van der Waals surface area contributed by atoms with Gasteiger partial charge in [0.2, 0.25) is 0 Å². The van der Waals surface area contributed by atoms with Crippen molar-refractivity contribution in [1.29, 1.82) is 0 Å². The Bertz CT molecular complexity index is 305. The minimum absolute atomic E-state index is 0.664. The van der Waals surface area contributed by atoms with Gasteiger partial charge < -0.3 is 9.47 Å². The maximum Gasteiger partial charge on any atom is 0.126 e. The van der Waals surface area contributed by atoms with E-state index in [0.717, 1.165) is 23.5 Å². The third kappa shape index (κ3) is 2.52. The molecule has 76 valence electrons. The minimum Gasteiger partial charge on any atom is -0.497 e. The summed E-state index contributed by atoms with van der Waals surface area (Å²) < 4.78 is 10.6. The third-order valence-electron chi connectivity index (χ3n) is 1.94. The molecular formula is C12H16O2. The minimum atomic E-state index is 0.664. The Hall–Kier alpha value is -1.44. The standard InChI is InChI=1S/C12H16O2/c1-4-6-10-7-8-11(13-3)9-12(10)14-5-2/h4,7-9H,1,5-6H2,2-3H3. The van der Waals surface area contributed by atoms with Crippen molar-refractivity contribution in [2.45, 2.75) is 13.3 Å². The molecule has 0 aliphatic carbocycles. The normalized spacial score (nSPS) is 9.57. The van der Waals surface area contributed by atoms with Crippen LogP contribution >= 0.6 is 0 Å². The van der Waals surface area contributed by atoms with Crippen molar-refractivity contribution in [3.8, 4) is 11.5 Å². The molecule has 14 heavy (non-hydrogen) atoms. The Kier molecular flexibility index (Phi) is 4.05. The highest BCUT2D eigenvalue weighted by atomic mass is 16.5. The van der Waals surface area contributed by atoms with E-state index in [1.54, 1.807) is 7.11 Å². The van der Waals surface area contributed by atoms with Gasteiger partial charge in [0.05, 0.1) is 13.7 Å². The second kappa shape index (κ2) is 5.32. The lowest BCUT2D eigenvalue weighted by atomic mass is 10.1. The molecule has 1 rings (SSSR count). The lowest BCUT2D eigenvalue weighted by Gasteiger charge is -2.10. The first-order valence-electron chi connectivity index (χ1n) is 4.72. The van der Waals surface area contributed by atoms with Gasteiger partial charge >= 0.3 is 0 Å². The number of hydrogen-bond donors (Lipinski definition) is 0. The van der Waals surface area contributed by atoms with E-state index >= 15 is 0 Å². The van der Waals surface area contributed by atoms with Crippen molar-refractivity contribution < 1.29 is 9.47 Å². The lowest BCUT2D eigenvalue weighted by molar-refractivity contribution is 0.333. The number of ether oxygens (including phenoxy) is 2. The van der Waals surface area contributed by atoms with E-state index in [1.165, 1.54) is 0 Å². The van der Waals surface area contributed by atoms with Gasteiger partial charge in [0, 0.05) is 6.07 Å². The maximum absolute atomic E-state index is 5.50. The molecule has 0 saturated carbocycles. The number of methoxy groups -OCH3 is 1. The fourth-order valence-electron chi connectivity index (χ4n) is 1.28. The second-order valence-electron chi connectivity index (χ2n) is 2.90. The Balaban J connectivity index is 2.96. The molecule has 0 aliphatic rings. The van der Waals surface area contributed by atoms with E-state index in [1.807, 2.05) is 31.2 Å². The third-order valence-corrected chi connectivity index (χ3v) is 1.94. The van der Waals surface area contributed by atoms with Crippen LogP contribution in [0.3, 0.4) is 0 Å². The summed E-state index contributed by atoms with van der Waals surface area (Å²) in [6, 6.07) is 5.84. The first-order valence-corrected chi connectivity index (χ1v) is 4.72. The van der Waals surface area contributed by atoms with Crippen LogP contribution in [0.15, 0.2) is 30.9 Å². The molecule has 2 heteroatoms. The molecule has 0 aromatic heterocycles. The molecule has 0 fully saturated rings. The van der Waals surface area contributed by atoms with Crippen LogP contribution in [0.1, 0.15) is 12.5 Å². The van der Waals surface area contributed by atoms with Gasteiger partial charge in [-0.25, -0.2) is 0 Å². The Morgan fingerprint density at radius 1 is 1.43 bits per heavy atom. The van der Waals surface area contributed by atoms with Crippen LogP contribution in [0.25, 0.3) is 0 Å². The highest BCUT2D eigenvalue weighted by molar-refractivity contribution is 5.41. The zero-order valence-corrected chi connectivity index (χ0v) is 8.75. The van der Waals surface area contributed by atoms with Crippen molar-refractivity contribution in [2.24, 2.45) is 0 Å². The molecule has 0 heterocycles. The van der Waals surface area contributed by atoms with Gasteiger partial charge in [-0.1, -0.05) is 12.1 Å². The van der Waals surface area contributed by atoms with Crippen LogP contribution in [0.2, 0.25) is 0 Å². The molecule has 0 amide bonds. The van der Waals surface area contributed by atoms with Gasteiger partial charge in [-0.15, -0.1) is 6.58 Å². The summed E-state index contributed by atoms with van der Waals surface area (Å²) in [6.45, 7) is 6.35. The molecule has 2 nitrogen and oxygen atoms in total. The summed E-state index contributed by atoms with van der Waals surface area (Å²) >= 11 is 0. The van der Waals surface area contributed by atoms with Crippen molar-refractivity contribution in [3.05, 3.63) is 36.4 Å². The van der Waals surface area contributed by atoms with Gasteiger partial charge in [0.25, 0.3) is 0 Å². The van der Waals surface area contributed by atoms with E-state index < -0.39 is 0 Å². The molecular weight excluding hydrogens is 176 g/mol. The zero-order chi connectivity index (χ0) is 10.4. The molecule has 0 unspecified atom stereocenters. The smallest absolute Gasteiger partial charge is 0.126 e. The number of rotatable bonds is 5. The van der Waals surface area contributed by atoms with Crippen LogP contribution in [-0.2, 0) is 6.42 Å². The largest absolute Gasteiger partial charge is 0.497 e. The predicted octanol–water partition coefficient (Wildman–Crippen LogP) is 2.82. The molecule has 0 aliphatic heterocycles. The van der Waals surface area contributed by atoms with Crippen molar-refractivity contribution in [1.82, 2.24) is 0 Å². The molecule has 1 aromatic rings. The van der Waals surface area contributed by atoms with Crippen molar-refractivity contribution in [2.75, 3.05) is 13.7 Å². The van der Waals surface area contributed by atoms with Gasteiger partial charge in [0.15, 0.2) is 0 Å². The van der Waals surface area contributed by atoms with Crippen molar-refractivity contribution >= 4 is 0 Å². The fourth-order valence-corrected chi connectivity index (χ4v) is 1.28. The van der Waals surface area contributed by atoms with Crippen molar-refractivity contribution in [3.63, 3.8) is 0 Å². The molecule has 0 radical (unpaired) electrons. The number of allylic oxidation sites excluding steroid dienone is 1. The van der Waals surface area contributed by atoms with Crippen LogP contribution in [-0.4, -0.2) is 13.7 Å². The Morgan fingerprint density at radius 3 is 2.79 bits per heavy atom. The quantitative estimate of drug-likeness (QED) is 0.668. The van der Waals surface area contributed by atoms with Gasteiger partial charge in [-0.3, -0.25) is 0 Å². The fraction of sp³-hybridized carbons (Fsp3) is 0.333. The summed E-state index contributed by atoms with van der Waals surface area (Å²) in [5, 5.41) is 0. The van der Waals surface area contributed by atoms with Gasteiger partial charge in [0.1, 0.15) is 11.5 Å². The van der Waals surface area contributed by atoms with Crippen LogP contribution in [0.5, 0.6) is 11.5 Å². The van der Waals surface area contributed by atoms with Crippen LogP contribution in [0.4, 0.5) is 0 Å². The van der Waals surface area contributed by atoms with Crippen LogP contribution < -0.4 is 9.47 Å². The molecule has 0 atom stereocenters. The van der Waals surface area contributed by atoms with E-state index in [0.29, 0.717) is 6.61 Å². The van der Waals surface area contributed by atoms with Gasteiger partial charge in [-0.05, 0) is 25.0 Å². The first-order chi connectivity index (χ1) is 6.81. The summed E-state index contributed by atoms with van der Waals surface area (Å²) in [6.07, 6.45) is 2.68. The highest BCUT2D eigenvalue weighted by Gasteiger charge is 2.03. The average molecular weight is 192 g/mol. The second-order valence-corrected chi connectivity index (χ2v) is 2.90. The molecule has 0 N–H and O–H groups in total. The number of hydrogen-bond acceptors (Lipinski definition) is 2. The topological polar surface area (TPSA) is 18.5 Å². The molecule has 1 aromatic carbocycles. The summed E-state index contributed by atoms with van der Waals surface area (Å²) in [5.74, 6) is 1.70. The number of benzene rings is 1. The average Bonchev–Trinajstić information content (AvgIpc) is 2.21. The molecule has 0 spiro atoms. The van der Waals surface area contributed by atoms with E-state index in [9.17, 15) is 0 Å². The summed E-state index contributed by atoms with van der Waals surface area (Å²) in [4.78, 5) is 0. The first kappa shape index (κ1) is 10.6. The lowest BCUT2D eigenvalue weighted by Crippen LogP contribution is -1.96.